The summed E-state index contributed by atoms with van der Waals surface area (Å²) in [6.45, 7) is 1.61. The average molecular weight is 407 g/mol. The highest BCUT2D eigenvalue weighted by molar-refractivity contribution is 7.22. The van der Waals surface area contributed by atoms with Crippen LogP contribution in [0.1, 0.15) is 23.3 Å². The Balaban J connectivity index is 1.60. The van der Waals surface area contributed by atoms with Gasteiger partial charge in [0.25, 0.3) is 5.91 Å². The van der Waals surface area contributed by atoms with E-state index in [2.05, 4.69) is 38.9 Å². The van der Waals surface area contributed by atoms with Crippen LogP contribution < -0.4 is 15.4 Å². The summed E-state index contributed by atoms with van der Waals surface area (Å²) in [6.07, 6.45) is 2.29. The molecule has 7 nitrogen and oxygen atoms in total. The maximum absolute atomic E-state index is 12.5. The quantitative estimate of drug-likeness (QED) is 0.531. The molecule has 4 heterocycles. The van der Waals surface area contributed by atoms with Crippen molar-refractivity contribution in [3.05, 3.63) is 48.2 Å². The van der Waals surface area contributed by atoms with Crippen LogP contribution in [0.2, 0.25) is 0 Å². The molecule has 0 spiro atoms. The molecular weight excluding hydrogens is 386 g/mol. The Morgan fingerprint density at radius 3 is 3.03 bits per heavy atom. The molecule has 4 aromatic rings. The van der Waals surface area contributed by atoms with Gasteiger partial charge in [0.05, 0.1) is 4.88 Å². The van der Waals surface area contributed by atoms with Gasteiger partial charge in [-0.2, -0.15) is 0 Å². The lowest BCUT2D eigenvalue weighted by Gasteiger charge is -2.11. The van der Waals surface area contributed by atoms with Gasteiger partial charge in [-0.1, -0.05) is 18.2 Å². The van der Waals surface area contributed by atoms with Crippen molar-refractivity contribution in [2.75, 3.05) is 20.2 Å². The van der Waals surface area contributed by atoms with Crippen LogP contribution in [0.3, 0.4) is 0 Å². The number of hydrogen-bond acceptors (Lipinski definition) is 6. The zero-order chi connectivity index (χ0) is 19.8. The molecule has 1 atom stereocenters. The monoisotopic (exact) mass is 407 g/mol. The number of rotatable bonds is 5. The van der Waals surface area contributed by atoms with Crippen molar-refractivity contribution in [3.8, 4) is 16.5 Å². The predicted molar refractivity (Wildman–Crippen MR) is 114 cm³/mol. The number of nitrogens with zero attached hydrogens (tertiary/aromatic N) is 3. The molecule has 1 saturated heterocycles. The molecule has 1 aliphatic rings. The summed E-state index contributed by atoms with van der Waals surface area (Å²) in [4.78, 5) is 18.0. The van der Waals surface area contributed by atoms with Crippen LogP contribution in [0, 0.1) is 0 Å². The van der Waals surface area contributed by atoms with Gasteiger partial charge in [0.2, 0.25) is 5.88 Å². The van der Waals surface area contributed by atoms with Gasteiger partial charge in [-0.15, -0.1) is 16.4 Å². The van der Waals surface area contributed by atoms with Gasteiger partial charge in [-0.25, -0.2) is 9.50 Å². The topological polar surface area (TPSA) is 80.5 Å². The molecule has 8 heteroatoms. The highest BCUT2D eigenvalue weighted by atomic mass is 32.1. The molecule has 1 aromatic carbocycles. The maximum Gasteiger partial charge on any atom is 0.272 e. The first-order chi connectivity index (χ1) is 14.2. The lowest BCUT2D eigenvalue weighted by molar-refractivity contribution is 0.0959. The molecule has 0 saturated carbocycles. The number of carbonyl (C=O) groups excluding carboxylic acids is 1. The number of fused-ring (bicyclic) bond motifs is 2. The van der Waals surface area contributed by atoms with Crippen molar-refractivity contribution < 1.29 is 9.53 Å². The number of benzene rings is 1. The number of hydrogen-bond donors (Lipinski definition) is 2. The molecule has 148 valence electrons. The van der Waals surface area contributed by atoms with E-state index in [1.807, 2.05) is 18.2 Å². The van der Waals surface area contributed by atoms with Crippen LogP contribution in [-0.4, -0.2) is 46.7 Å². The first-order valence-corrected chi connectivity index (χ1v) is 10.5. The van der Waals surface area contributed by atoms with E-state index in [9.17, 15) is 4.79 Å². The van der Waals surface area contributed by atoms with Gasteiger partial charge in [-0.05, 0) is 43.0 Å². The third kappa shape index (κ3) is 3.34. The molecule has 0 aliphatic carbocycles. The minimum Gasteiger partial charge on any atom is -0.475 e. The van der Waals surface area contributed by atoms with Crippen molar-refractivity contribution in [3.63, 3.8) is 0 Å². The third-order valence-electron chi connectivity index (χ3n) is 5.15. The molecule has 1 fully saturated rings. The highest BCUT2D eigenvalue weighted by Crippen LogP contribution is 2.35. The fourth-order valence-electron chi connectivity index (χ4n) is 3.67. The number of aromatic nitrogens is 3. The predicted octanol–water partition coefficient (Wildman–Crippen LogP) is 3.10. The lowest BCUT2D eigenvalue weighted by Crippen LogP contribution is -2.28. The first kappa shape index (κ1) is 18.1. The molecule has 2 N–H and O–H groups in total. The molecule has 0 radical (unpaired) electrons. The number of amides is 1. The second-order valence-corrected chi connectivity index (χ2v) is 8.17. The zero-order valence-corrected chi connectivity index (χ0v) is 16.8. The maximum atomic E-state index is 12.5. The smallest absolute Gasteiger partial charge is 0.272 e. The van der Waals surface area contributed by atoms with Gasteiger partial charge in [-0.3, -0.25) is 4.79 Å². The summed E-state index contributed by atoms with van der Waals surface area (Å²) in [6, 6.07) is 14.2. The van der Waals surface area contributed by atoms with Crippen LogP contribution in [0.5, 0.6) is 5.88 Å². The Kier molecular flexibility index (Phi) is 4.65. The summed E-state index contributed by atoms with van der Waals surface area (Å²) in [5.74, 6) is 0.287. The van der Waals surface area contributed by atoms with Crippen molar-refractivity contribution >= 4 is 33.0 Å². The third-order valence-corrected chi connectivity index (χ3v) is 6.27. The van der Waals surface area contributed by atoms with Crippen molar-refractivity contribution in [1.29, 1.82) is 0 Å². The lowest BCUT2D eigenvalue weighted by atomic mass is 10.2. The summed E-state index contributed by atoms with van der Waals surface area (Å²) in [5.41, 5.74) is 1.66. The van der Waals surface area contributed by atoms with Crippen LogP contribution in [0.4, 0.5) is 0 Å². The van der Waals surface area contributed by atoms with Gasteiger partial charge in [0.15, 0.2) is 11.3 Å². The van der Waals surface area contributed by atoms with Gasteiger partial charge >= 0.3 is 0 Å². The zero-order valence-electron chi connectivity index (χ0n) is 16.0. The SMILES string of the molecule is CNC(=O)c1nc2ccc(OC[C@@H]3CCCN3)nn2c1-c1cc2ccccc2s1. The van der Waals surface area contributed by atoms with Gasteiger partial charge < -0.3 is 15.4 Å². The Bertz CT molecular complexity index is 1160. The molecule has 5 rings (SSSR count). The molecule has 3 aromatic heterocycles. The summed E-state index contributed by atoms with van der Waals surface area (Å²) in [5, 5.41) is 11.9. The summed E-state index contributed by atoms with van der Waals surface area (Å²) in [7, 11) is 1.61. The molecule has 0 unspecified atom stereocenters. The molecule has 1 amide bonds. The van der Waals surface area contributed by atoms with Crippen molar-refractivity contribution in [1.82, 2.24) is 25.2 Å². The minimum absolute atomic E-state index is 0.236. The highest BCUT2D eigenvalue weighted by Gasteiger charge is 2.23. The number of thiophene rings is 1. The number of nitrogens with one attached hydrogen (secondary N) is 2. The van der Waals surface area contributed by atoms with E-state index in [-0.39, 0.29) is 5.91 Å². The van der Waals surface area contributed by atoms with E-state index >= 15 is 0 Å². The Hall–Kier alpha value is -2.97. The van der Waals surface area contributed by atoms with Crippen LogP contribution >= 0.6 is 11.3 Å². The largest absolute Gasteiger partial charge is 0.475 e. The number of ether oxygens (including phenoxy) is 1. The fourth-order valence-corrected chi connectivity index (χ4v) is 4.77. The number of carbonyl (C=O) groups is 1. The van der Waals surface area contributed by atoms with Crippen LogP contribution in [0.25, 0.3) is 26.3 Å². The van der Waals surface area contributed by atoms with E-state index in [1.54, 1.807) is 29.0 Å². The Labute approximate surface area is 171 Å². The van der Waals surface area contributed by atoms with Crippen molar-refractivity contribution in [2.24, 2.45) is 0 Å². The molecular formula is C21H21N5O2S. The van der Waals surface area contributed by atoms with Gasteiger partial charge in [0.1, 0.15) is 12.3 Å². The van der Waals surface area contributed by atoms with Crippen molar-refractivity contribution in [2.45, 2.75) is 18.9 Å². The van der Waals surface area contributed by atoms with Crippen LogP contribution in [-0.2, 0) is 0 Å². The van der Waals surface area contributed by atoms with E-state index in [4.69, 9.17) is 4.74 Å². The first-order valence-electron chi connectivity index (χ1n) is 9.70. The Morgan fingerprint density at radius 1 is 1.34 bits per heavy atom. The van der Waals surface area contributed by atoms with E-state index in [0.717, 1.165) is 27.9 Å². The molecule has 0 bridgehead atoms. The molecule has 29 heavy (non-hydrogen) atoms. The standard InChI is InChI=1S/C21H21N5O2S/c1-22-21(27)19-20(16-11-13-5-2-3-7-15(13)29-16)26-17(24-19)8-9-18(25-26)28-12-14-6-4-10-23-14/h2-3,5,7-9,11,14,23H,4,6,10,12H2,1H3,(H,22,27)/t14-/m0/s1. The molecule has 1 aliphatic heterocycles. The summed E-state index contributed by atoms with van der Waals surface area (Å²) < 4.78 is 8.79. The Morgan fingerprint density at radius 2 is 2.24 bits per heavy atom. The summed E-state index contributed by atoms with van der Waals surface area (Å²) >= 11 is 1.62. The van der Waals surface area contributed by atoms with E-state index in [0.29, 0.717) is 35.6 Å². The minimum atomic E-state index is -0.236. The second-order valence-electron chi connectivity index (χ2n) is 7.08. The fraction of sp³-hybridized carbons (Fsp3) is 0.286. The van der Waals surface area contributed by atoms with E-state index in [1.165, 1.54) is 6.42 Å². The van der Waals surface area contributed by atoms with E-state index < -0.39 is 0 Å². The average Bonchev–Trinajstić information content (AvgIpc) is 3.48. The van der Waals surface area contributed by atoms with Crippen LogP contribution in [0.15, 0.2) is 42.5 Å². The number of imidazole rings is 1. The second kappa shape index (κ2) is 7.46. The normalized spacial score (nSPS) is 16.5. The van der Waals surface area contributed by atoms with Gasteiger partial charge in [0, 0.05) is 23.9 Å².